The second-order valence-corrected chi connectivity index (χ2v) is 3.65. The van der Waals surface area contributed by atoms with Gasteiger partial charge in [0.1, 0.15) is 24.3 Å². The van der Waals surface area contributed by atoms with Gasteiger partial charge in [0.2, 0.25) is 0 Å². The molecule has 0 radical (unpaired) electrons. The molecule has 0 amide bonds. The third kappa shape index (κ3) is 1.81. The molecule has 5 heteroatoms. The summed E-state index contributed by atoms with van der Waals surface area (Å²) in [5, 5.41) is 3.33. The summed E-state index contributed by atoms with van der Waals surface area (Å²) < 4.78 is 1.86. The van der Waals surface area contributed by atoms with Crippen molar-refractivity contribution in [2.24, 2.45) is 0 Å². The molecule has 2 aromatic rings. The summed E-state index contributed by atoms with van der Waals surface area (Å²) in [6.45, 7) is 0. The number of aromatic nitrogens is 4. The lowest BCUT2D eigenvalue weighted by Gasteiger charge is -2.05. The molecule has 2 aromatic heterocycles. The molecule has 0 saturated heterocycles. The molecule has 0 aromatic carbocycles. The maximum atomic E-state index is 4.18. The van der Waals surface area contributed by atoms with Crippen LogP contribution in [-0.4, -0.2) is 25.6 Å². The highest BCUT2D eigenvalue weighted by Gasteiger charge is 2.21. The third-order valence-corrected chi connectivity index (χ3v) is 2.35. The SMILES string of the molecule is c1cn(-c2cc(NC3CC3)ncn2)cn1. The van der Waals surface area contributed by atoms with Crippen LogP contribution >= 0.6 is 0 Å². The first-order valence-corrected chi connectivity index (χ1v) is 4.99. The first kappa shape index (κ1) is 8.40. The monoisotopic (exact) mass is 201 g/mol. The third-order valence-electron chi connectivity index (χ3n) is 2.35. The smallest absolute Gasteiger partial charge is 0.143 e. The van der Waals surface area contributed by atoms with E-state index in [0.717, 1.165) is 11.6 Å². The van der Waals surface area contributed by atoms with Crippen molar-refractivity contribution in [1.82, 2.24) is 19.5 Å². The molecule has 76 valence electrons. The van der Waals surface area contributed by atoms with Gasteiger partial charge < -0.3 is 5.32 Å². The Morgan fingerprint density at radius 2 is 2.27 bits per heavy atom. The average molecular weight is 201 g/mol. The van der Waals surface area contributed by atoms with Crippen molar-refractivity contribution in [1.29, 1.82) is 0 Å². The quantitative estimate of drug-likeness (QED) is 0.811. The molecule has 5 nitrogen and oxygen atoms in total. The van der Waals surface area contributed by atoms with Crippen molar-refractivity contribution in [3.63, 3.8) is 0 Å². The molecule has 0 aliphatic heterocycles. The van der Waals surface area contributed by atoms with Gasteiger partial charge in [-0.2, -0.15) is 0 Å². The number of nitrogens with zero attached hydrogens (tertiary/aromatic N) is 4. The Morgan fingerprint density at radius 3 is 3.00 bits per heavy atom. The highest BCUT2D eigenvalue weighted by atomic mass is 15.1. The molecule has 0 unspecified atom stereocenters. The summed E-state index contributed by atoms with van der Waals surface area (Å²) >= 11 is 0. The van der Waals surface area contributed by atoms with E-state index in [-0.39, 0.29) is 0 Å². The van der Waals surface area contributed by atoms with E-state index in [1.54, 1.807) is 18.9 Å². The summed E-state index contributed by atoms with van der Waals surface area (Å²) in [6, 6.07) is 2.54. The first-order chi connectivity index (χ1) is 7.42. The Kier molecular flexibility index (Phi) is 1.87. The molecule has 3 rings (SSSR count). The van der Waals surface area contributed by atoms with Gasteiger partial charge in [0.05, 0.1) is 0 Å². The molecular formula is C10H11N5. The van der Waals surface area contributed by atoms with Crippen LogP contribution in [0.5, 0.6) is 0 Å². The topological polar surface area (TPSA) is 55.6 Å². The lowest BCUT2D eigenvalue weighted by Crippen LogP contribution is -2.05. The molecule has 2 heterocycles. The van der Waals surface area contributed by atoms with Gasteiger partial charge in [-0.3, -0.25) is 4.57 Å². The van der Waals surface area contributed by atoms with Crippen LogP contribution in [-0.2, 0) is 0 Å². The minimum absolute atomic E-state index is 0.607. The van der Waals surface area contributed by atoms with Crippen LogP contribution in [0.4, 0.5) is 5.82 Å². The van der Waals surface area contributed by atoms with Crippen molar-refractivity contribution in [3.05, 3.63) is 31.1 Å². The fourth-order valence-electron chi connectivity index (χ4n) is 1.40. The van der Waals surface area contributed by atoms with E-state index in [1.165, 1.54) is 12.8 Å². The summed E-state index contributed by atoms with van der Waals surface area (Å²) in [5.41, 5.74) is 0. The van der Waals surface area contributed by atoms with Crippen molar-refractivity contribution in [3.8, 4) is 5.82 Å². The Balaban J connectivity index is 1.88. The normalized spacial score (nSPS) is 15.2. The van der Waals surface area contributed by atoms with Crippen molar-refractivity contribution >= 4 is 5.82 Å². The van der Waals surface area contributed by atoms with Gasteiger partial charge in [-0.1, -0.05) is 0 Å². The van der Waals surface area contributed by atoms with Crippen molar-refractivity contribution in [2.45, 2.75) is 18.9 Å². The van der Waals surface area contributed by atoms with E-state index in [4.69, 9.17) is 0 Å². The van der Waals surface area contributed by atoms with Crippen LogP contribution in [0.15, 0.2) is 31.1 Å². The molecule has 1 fully saturated rings. The van der Waals surface area contributed by atoms with E-state index in [0.29, 0.717) is 6.04 Å². The first-order valence-electron chi connectivity index (χ1n) is 4.99. The number of nitrogens with one attached hydrogen (secondary N) is 1. The summed E-state index contributed by atoms with van der Waals surface area (Å²) in [4.78, 5) is 12.3. The van der Waals surface area contributed by atoms with Crippen molar-refractivity contribution in [2.75, 3.05) is 5.32 Å². The molecule has 1 saturated carbocycles. The molecule has 1 aliphatic carbocycles. The molecule has 0 spiro atoms. The van der Waals surface area contributed by atoms with E-state index >= 15 is 0 Å². The number of rotatable bonds is 3. The van der Waals surface area contributed by atoms with Crippen LogP contribution in [0.1, 0.15) is 12.8 Å². The Bertz CT molecular complexity index is 447. The standard InChI is InChI=1S/C10H11N5/c1-2-8(1)14-9-5-10(13-6-12-9)15-4-3-11-7-15/h3-8H,1-2H2,(H,12,13,14). The lowest BCUT2D eigenvalue weighted by molar-refractivity contribution is 0.964. The highest BCUT2D eigenvalue weighted by molar-refractivity contribution is 5.42. The minimum Gasteiger partial charge on any atom is -0.367 e. The van der Waals surface area contributed by atoms with Gasteiger partial charge in [0.25, 0.3) is 0 Å². The van der Waals surface area contributed by atoms with E-state index in [9.17, 15) is 0 Å². The minimum atomic E-state index is 0.607. The molecule has 0 atom stereocenters. The zero-order valence-corrected chi connectivity index (χ0v) is 8.17. The van der Waals surface area contributed by atoms with Gasteiger partial charge in [-0.25, -0.2) is 15.0 Å². The van der Waals surface area contributed by atoms with E-state index in [1.807, 2.05) is 16.8 Å². The molecule has 1 aliphatic rings. The predicted octanol–water partition coefficient (Wildman–Crippen LogP) is 1.24. The largest absolute Gasteiger partial charge is 0.367 e. The Morgan fingerprint density at radius 1 is 1.33 bits per heavy atom. The average Bonchev–Trinajstić information content (AvgIpc) is 2.91. The fraction of sp³-hybridized carbons (Fsp3) is 0.300. The van der Waals surface area contributed by atoms with Crippen LogP contribution in [0.2, 0.25) is 0 Å². The summed E-state index contributed by atoms with van der Waals surface area (Å²) in [7, 11) is 0. The van der Waals surface area contributed by atoms with Gasteiger partial charge >= 0.3 is 0 Å². The van der Waals surface area contributed by atoms with Crippen LogP contribution in [0.25, 0.3) is 5.82 Å². The second kappa shape index (κ2) is 3.34. The number of imidazole rings is 1. The Labute approximate surface area is 87.2 Å². The number of hydrogen-bond acceptors (Lipinski definition) is 4. The molecule has 15 heavy (non-hydrogen) atoms. The van der Waals surface area contributed by atoms with Crippen LogP contribution in [0.3, 0.4) is 0 Å². The van der Waals surface area contributed by atoms with Gasteiger partial charge in [-0.05, 0) is 12.8 Å². The van der Waals surface area contributed by atoms with Gasteiger partial charge in [0, 0.05) is 24.5 Å². The molecule has 0 bridgehead atoms. The van der Waals surface area contributed by atoms with Crippen molar-refractivity contribution < 1.29 is 0 Å². The fourth-order valence-corrected chi connectivity index (χ4v) is 1.40. The molecule has 1 N–H and O–H groups in total. The molecular weight excluding hydrogens is 190 g/mol. The Hall–Kier alpha value is -1.91. The maximum absolute atomic E-state index is 4.18. The van der Waals surface area contributed by atoms with E-state index < -0.39 is 0 Å². The zero-order chi connectivity index (χ0) is 10.1. The maximum Gasteiger partial charge on any atom is 0.143 e. The summed E-state index contributed by atoms with van der Waals surface area (Å²) in [5.74, 6) is 1.72. The van der Waals surface area contributed by atoms with Gasteiger partial charge in [0.15, 0.2) is 0 Å². The zero-order valence-electron chi connectivity index (χ0n) is 8.17. The summed E-state index contributed by atoms with van der Waals surface area (Å²) in [6.07, 6.45) is 9.37. The second-order valence-electron chi connectivity index (χ2n) is 3.65. The lowest BCUT2D eigenvalue weighted by atomic mass is 10.5. The van der Waals surface area contributed by atoms with E-state index in [2.05, 4.69) is 20.3 Å². The number of hydrogen-bond donors (Lipinski definition) is 1. The highest BCUT2D eigenvalue weighted by Crippen LogP contribution is 2.23. The number of anilines is 1. The van der Waals surface area contributed by atoms with Crippen LogP contribution < -0.4 is 5.32 Å². The predicted molar refractivity (Wildman–Crippen MR) is 55.8 cm³/mol. The van der Waals surface area contributed by atoms with Gasteiger partial charge in [-0.15, -0.1) is 0 Å². The van der Waals surface area contributed by atoms with Crippen LogP contribution in [0, 0.1) is 0 Å².